The first-order chi connectivity index (χ1) is 7.96. The van der Waals surface area contributed by atoms with Crippen LogP contribution in [0.4, 0.5) is 0 Å². The summed E-state index contributed by atoms with van der Waals surface area (Å²) in [4.78, 5) is 0. The molecule has 0 aliphatic carbocycles. The molecule has 0 unspecified atom stereocenters. The summed E-state index contributed by atoms with van der Waals surface area (Å²) in [6, 6.07) is 5.53. The molecule has 0 heterocycles. The van der Waals surface area contributed by atoms with Gasteiger partial charge in [-0.15, -0.1) is 0 Å². The van der Waals surface area contributed by atoms with Gasteiger partial charge in [0.25, 0.3) is 0 Å². The van der Waals surface area contributed by atoms with E-state index in [1.165, 1.54) is 0 Å². The molecule has 1 aromatic rings. The van der Waals surface area contributed by atoms with E-state index < -0.39 is 9.84 Å². The molecule has 1 rings (SSSR count). The van der Waals surface area contributed by atoms with Crippen molar-refractivity contribution in [2.45, 2.75) is 20.4 Å². The van der Waals surface area contributed by atoms with Crippen molar-refractivity contribution in [1.82, 2.24) is 5.32 Å². The molecule has 0 saturated heterocycles. The van der Waals surface area contributed by atoms with Gasteiger partial charge in [0.15, 0.2) is 9.84 Å². The van der Waals surface area contributed by atoms with Crippen LogP contribution in [-0.2, 0) is 16.4 Å². The zero-order valence-corrected chi connectivity index (χ0v) is 11.0. The summed E-state index contributed by atoms with van der Waals surface area (Å²) in [5.74, 6) is 0.582. The number of rotatable bonds is 6. The molecule has 4 nitrogen and oxygen atoms in total. The van der Waals surface area contributed by atoms with E-state index in [1.807, 2.05) is 25.1 Å². The minimum Gasteiger partial charge on any atom is -0.507 e. The molecule has 0 aliphatic heterocycles. The lowest BCUT2D eigenvalue weighted by molar-refractivity contribution is 0.461. The van der Waals surface area contributed by atoms with Gasteiger partial charge < -0.3 is 10.4 Å². The number of para-hydroxylation sites is 1. The van der Waals surface area contributed by atoms with E-state index in [0.717, 1.165) is 11.1 Å². The zero-order chi connectivity index (χ0) is 12.9. The maximum absolute atomic E-state index is 11.2. The third kappa shape index (κ3) is 4.36. The highest BCUT2D eigenvalue weighted by Crippen LogP contribution is 2.20. The summed E-state index contributed by atoms with van der Waals surface area (Å²) in [5, 5.41) is 12.8. The zero-order valence-electron chi connectivity index (χ0n) is 10.2. The van der Waals surface area contributed by atoms with Crippen molar-refractivity contribution >= 4 is 9.84 Å². The van der Waals surface area contributed by atoms with Crippen LogP contribution in [0.15, 0.2) is 18.2 Å². The minimum atomic E-state index is -2.92. The number of benzene rings is 1. The summed E-state index contributed by atoms with van der Waals surface area (Å²) in [7, 11) is -2.92. The molecule has 0 fully saturated rings. The van der Waals surface area contributed by atoms with E-state index in [1.54, 1.807) is 6.92 Å². The Bertz CT molecular complexity index is 469. The van der Waals surface area contributed by atoms with E-state index in [-0.39, 0.29) is 17.3 Å². The van der Waals surface area contributed by atoms with Crippen LogP contribution >= 0.6 is 0 Å². The van der Waals surface area contributed by atoms with Gasteiger partial charge in [-0.1, -0.05) is 25.1 Å². The predicted octanol–water partition coefficient (Wildman–Crippen LogP) is 1.22. The second kappa shape index (κ2) is 6.02. The van der Waals surface area contributed by atoms with Crippen LogP contribution in [-0.4, -0.2) is 31.6 Å². The van der Waals surface area contributed by atoms with Gasteiger partial charge in [0.1, 0.15) is 5.75 Å². The number of phenols is 1. The number of aryl methyl sites for hydroxylation is 1. The van der Waals surface area contributed by atoms with Crippen molar-refractivity contribution in [2.24, 2.45) is 0 Å². The van der Waals surface area contributed by atoms with Crippen LogP contribution in [0.3, 0.4) is 0 Å². The lowest BCUT2D eigenvalue weighted by atomic mass is 10.1. The Morgan fingerprint density at radius 1 is 1.35 bits per heavy atom. The molecule has 0 radical (unpaired) electrons. The predicted molar refractivity (Wildman–Crippen MR) is 68.9 cm³/mol. The first-order valence-corrected chi connectivity index (χ1v) is 7.47. The largest absolute Gasteiger partial charge is 0.507 e. The summed E-state index contributed by atoms with van der Waals surface area (Å²) in [5.41, 5.74) is 1.62. The van der Waals surface area contributed by atoms with Gasteiger partial charge in [-0.3, -0.25) is 0 Å². The average molecular weight is 257 g/mol. The molecule has 0 spiro atoms. The van der Waals surface area contributed by atoms with Crippen molar-refractivity contribution in [2.75, 3.05) is 18.1 Å². The standard InChI is InChI=1S/C12H19NO3S/c1-3-17(15,16)8-7-13-9-11-6-4-5-10(2)12(11)14/h4-6,13-14H,3,7-9H2,1-2H3. The van der Waals surface area contributed by atoms with Gasteiger partial charge in [0, 0.05) is 24.4 Å². The van der Waals surface area contributed by atoms with Crippen molar-refractivity contribution in [3.63, 3.8) is 0 Å². The number of aromatic hydroxyl groups is 1. The third-order valence-corrected chi connectivity index (χ3v) is 4.37. The smallest absolute Gasteiger partial charge is 0.151 e. The van der Waals surface area contributed by atoms with Crippen LogP contribution in [0.2, 0.25) is 0 Å². The molecule has 0 atom stereocenters. The van der Waals surface area contributed by atoms with E-state index in [9.17, 15) is 13.5 Å². The topological polar surface area (TPSA) is 66.4 Å². The highest BCUT2D eigenvalue weighted by atomic mass is 32.2. The van der Waals surface area contributed by atoms with E-state index in [2.05, 4.69) is 5.32 Å². The molecule has 0 amide bonds. The van der Waals surface area contributed by atoms with Crippen molar-refractivity contribution < 1.29 is 13.5 Å². The molecule has 2 N–H and O–H groups in total. The molecule has 96 valence electrons. The van der Waals surface area contributed by atoms with Gasteiger partial charge >= 0.3 is 0 Å². The van der Waals surface area contributed by atoms with Gasteiger partial charge in [-0.05, 0) is 12.5 Å². The fourth-order valence-corrected chi connectivity index (χ4v) is 2.20. The summed E-state index contributed by atoms with van der Waals surface area (Å²) in [6.45, 7) is 4.36. The van der Waals surface area contributed by atoms with Crippen molar-refractivity contribution in [3.05, 3.63) is 29.3 Å². The van der Waals surface area contributed by atoms with Crippen LogP contribution in [0.1, 0.15) is 18.1 Å². The molecule has 5 heteroatoms. The second-order valence-corrected chi connectivity index (χ2v) is 6.47. The Morgan fingerprint density at radius 3 is 2.71 bits per heavy atom. The highest BCUT2D eigenvalue weighted by molar-refractivity contribution is 7.91. The fraction of sp³-hybridized carbons (Fsp3) is 0.500. The van der Waals surface area contributed by atoms with Crippen LogP contribution in [0.25, 0.3) is 0 Å². The Kier molecular flexibility index (Phi) is 4.96. The van der Waals surface area contributed by atoms with Crippen LogP contribution in [0, 0.1) is 6.92 Å². The monoisotopic (exact) mass is 257 g/mol. The lowest BCUT2D eigenvalue weighted by Crippen LogP contribution is -2.23. The van der Waals surface area contributed by atoms with Crippen LogP contribution < -0.4 is 5.32 Å². The fourth-order valence-electron chi connectivity index (χ4n) is 1.46. The lowest BCUT2D eigenvalue weighted by Gasteiger charge is -2.08. The van der Waals surface area contributed by atoms with Gasteiger partial charge in [-0.2, -0.15) is 0 Å². The third-order valence-electron chi connectivity index (χ3n) is 2.67. The first kappa shape index (κ1) is 14.0. The first-order valence-electron chi connectivity index (χ1n) is 5.65. The quantitative estimate of drug-likeness (QED) is 0.752. The second-order valence-electron chi connectivity index (χ2n) is 4.00. The summed E-state index contributed by atoms with van der Waals surface area (Å²) in [6.07, 6.45) is 0. The maximum Gasteiger partial charge on any atom is 0.151 e. The molecule has 17 heavy (non-hydrogen) atoms. The maximum atomic E-state index is 11.2. The molecule has 0 saturated carbocycles. The molecule has 0 aromatic heterocycles. The number of sulfone groups is 1. The highest BCUT2D eigenvalue weighted by Gasteiger charge is 2.07. The number of nitrogens with one attached hydrogen (secondary N) is 1. The molecular formula is C12H19NO3S. The Labute approximate surface area is 103 Å². The van der Waals surface area contributed by atoms with Gasteiger partial charge in [-0.25, -0.2) is 8.42 Å². The molecular weight excluding hydrogens is 238 g/mol. The van der Waals surface area contributed by atoms with E-state index >= 15 is 0 Å². The van der Waals surface area contributed by atoms with Crippen molar-refractivity contribution in [1.29, 1.82) is 0 Å². The Hall–Kier alpha value is -1.07. The number of phenolic OH excluding ortho intramolecular Hbond substituents is 1. The number of hydrogen-bond donors (Lipinski definition) is 2. The van der Waals surface area contributed by atoms with Gasteiger partial charge in [0.05, 0.1) is 5.75 Å². The molecule has 1 aromatic carbocycles. The van der Waals surface area contributed by atoms with Crippen LogP contribution in [0.5, 0.6) is 5.75 Å². The Balaban J connectivity index is 2.44. The average Bonchev–Trinajstić information content (AvgIpc) is 2.30. The van der Waals surface area contributed by atoms with E-state index in [4.69, 9.17) is 0 Å². The Morgan fingerprint density at radius 2 is 2.06 bits per heavy atom. The molecule has 0 bridgehead atoms. The molecule has 0 aliphatic rings. The van der Waals surface area contributed by atoms with Gasteiger partial charge in [0.2, 0.25) is 0 Å². The SMILES string of the molecule is CCS(=O)(=O)CCNCc1cccc(C)c1O. The van der Waals surface area contributed by atoms with Crippen molar-refractivity contribution in [3.8, 4) is 5.75 Å². The minimum absolute atomic E-state index is 0.135. The normalized spacial score (nSPS) is 11.6. The summed E-state index contributed by atoms with van der Waals surface area (Å²) < 4.78 is 22.5. The number of hydrogen-bond acceptors (Lipinski definition) is 4. The summed E-state index contributed by atoms with van der Waals surface area (Å²) >= 11 is 0. The van der Waals surface area contributed by atoms with E-state index in [0.29, 0.717) is 13.1 Å².